The molecule has 2 N–H and O–H groups in total. The summed E-state index contributed by atoms with van der Waals surface area (Å²) >= 11 is 1.84. The lowest BCUT2D eigenvalue weighted by molar-refractivity contribution is 0.664. The summed E-state index contributed by atoms with van der Waals surface area (Å²) < 4.78 is 0.179. The topological polar surface area (TPSA) is 49.3 Å². The number of aliphatic imine (C=N–C) groups is 1. The lowest BCUT2D eigenvalue weighted by Gasteiger charge is -2.23. The van der Waals surface area contributed by atoms with Crippen LogP contribution in [0.15, 0.2) is 41.5 Å². The number of hydrogen-bond acceptors (Lipinski definition) is 3. The molecule has 0 bridgehead atoms. The first-order valence-corrected chi connectivity index (χ1v) is 8.60. The molecule has 0 radical (unpaired) electrons. The van der Waals surface area contributed by atoms with Crippen molar-refractivity contribution in [3.63, 3.8) is 0 Å². The smallest absolute Gasteiger partial charge is 0.191 e. The molecule has 0 aliphatic rings. The molecule has 0 fully saturated rings. The molecule has 1 aromatic heterocycles. The van der Waals surface area contributed by atoms with E-state index in [0.29, 0.717) is 6.54 Å². The molecule has 118 valence electrons. The van der Waals surface area contributed by atoms with Crippen LogP contribution in [-0.2, 0) is 6.54 Å². The summed E-state index contributed by atoms with van der Waals surface area (Å²) in [4.78, 5) is 8.77. The van der Waals surface area contributed by atoms with Gasteiger partial charge in [-0.3, -0.25) is 9.98 Å². The summed E-state index contributed by atoms with van der Waals surface area (Å²) in [6.45, 7) is 5.99. The van der Waals surface area contributed by atoms with E-state index in [9.17, 15) is 0 Å². The van der Waals surface area contributed by atoms with Crippen molar-refractivity contribution in [1.29, 1.82) is 0 Å². The van der Waals surface area contributed by atoms with Crippen molar-refractivity contribution in [2.24, 2.45) is 4.99 Å². The van der Waals surface area contributed by atoms with Crippen LogP contribution in [0.4, 0.5) is 0 Å². The molecule has 0 saturated carbocycles. The van der Waals surface area contributed by atoms with Gasteiger partial charge in [0.25, 0.3) is 0 Å². The Kier molecular flexibility index (Phi) is 5.66. The molecular formula is C17H24N4S. The van der Waals surface area contributed by atoms with Crippen molar-refractivity contribution >= 4 is 28.6 Å². The first-order chi connectivity index (χ1) is 10.6. The SMILES string of the molecule is CN=C(NCc1cccc2cccnc12)NCC(C)(C)SC. The predicted molar refractivity (Wildman–Crippen MR) is 97.5 cm³/mol. The minimum absolute atomic E-state index is 0.179. The van der Waals surface area contributed by atoms with Crippen molar-refractivity contribution in [3.05, 3.63) is 42.1 Å². The van der Waals surface area contributed by atoms with E-state index in [4.69, 9.17) is 0 Å². The van der Waals surface area contributed by atoms with Crippen LogP contribution in [0.1, 0.15) is 19.4 Å². The molecule has 2 aromatic rings. The second kappa shape index (κ2) is 7.49. The minimum Gasteiger partial charge on any atom is -0.355 e. The van der Waals surface area contributed by atoms with Gasteiger partial charge in [0.2, 0.25) is 0 Å². The monoisotopic (exact) mass is 316 g/mol. The number of nitrogens with zero attached hydrogens (tertiary/aromatic N) is 2. The Balaban J connectivity index is 2.01. The Morgan fingerprint density at radius 1 is 1.23 bits per heavy atom. The number of nitrogens with one attached hydrogen (secondary N) is 2. The van der Waals surface area contributed by atoms with Gasteiger partial charge in [0.1, 0.15) is 0 Å². The highest BCUT2D eigenvalue weighted by atomic mass is 32.2. The third-order valence-corrected chi connectivity index (χ3v) is 4.87. The number of aromatic nitrogens is 1. The number of rotatable bonds is 5. The third-order valence-electron chi connectivity index (χ3n) is 3.62. The highest BCUT2D eigenvalue weighted by molar-refractivity contribution is 7.99. The number of para-hydroxylation sites is 1. The molecule has 22 heavy (non-hydrogen) atoms. The van der Waals surface area contributed by atoms with E-state index < -0.39 is 0 Å². The molecule has 2 rings (SSSR count). The molecule has 0 atom stereocenters. The zero-order valence-electron chi connectivity index (χ0n) is 13.7. The highest BCUT2D eigenvalue weighted by Crippen LogP contribution is 2.19. The first-order valence-electron chi connectivity index (χ1n) is 7.38. The van der Waals surface area contributed by atoms with Crippen LogP contribution in [0.2, 0.25) is 0 Å². The van der Waals surface area contributed by atoms with Crippen molar-refractivity contribution in [3.8, 4) is 0 Å². The Labute approximate surface area is 136 Å². The van der Waals surface area contributed by atoms with Crippen LogP contribution in [0.3, 0.4) is 0 Å². The Bertz CT molecular complexity index is 647. The Hall–Kier alpha value is -1.75. The second-order valence-corrected chi connectivity index (χ2v) is 7.25. The van der Waals surface area contributed by atoms with Crippen LogP contribution in [0, 0.1) is 0 Å². The fraction of sp³-hybridized carbons (Fsp3) is 0.412. The summed E-state index contributed by atoms with van der Waals surface area (Å²) in [7, 11) is 1.79. The standard InChI is InChI=1S/C17H24N4S/c1-17(2,22-4)12-21-16(18-3)20-11-14-8-5-7-13-9-6-10-19-15(13)14/h5-10H,11-12H2,1-4H3,(H2,18,20,21). The number of hydrogen-bond donors (Lipinski definition) is 2. The second-order valence-electron chi connectivity index (χ2n) is 5.74. The Morgan fingerprint density at radius 3 is 2.73 bits per heavy atom. The lowest BCUT2D eigenvalue weighted by Crippen LogP contribution is -2.43. The van der Waals surface area contributed by atoms with Crippen molar-refractivity contribution in [1.82, 2.24) is 15.6 Å². The van der Waals surface area contributed by atoms with Gasteiger partial charge in [0.05, 0.1) is 5.52 Å². The molecule has 0 saturated heterocycles. The lowest BCUT2D eigenvalue weighted by atomic mass is 10.1. The largest absolute Gasteiger partial charge is 0.355 e. The molecule has 4 nitrogen and oxygen atoms in total. The zero-order chi connectivity index (χ0) is 16.0. The molecule has 1 aromatic carbocycles. The molecule has 5 heteroatoms. The van der Waals surface area contributed by atoms with Gasteiger partial charge in [-0.25, -0.2) is 0 Å². The molecule has 0 unspecified atom stereocenters. The average Bonchev–Trinajstić information content (AvgIpc) is 2.55. The molecule has 0 aliphatic heterocycles. The number of thioether (sulfide) groups is 1. The third kappa shape index (κ3) is 4.37. The molecule has 0 spiro atoms. The fourth-order valence-electron chi connectivity index (χ4n) is 2.08. The van der Waals surface area contributed by atoms with Crippen LogP contribution in [-0.4, -0.2) is 35.5 Å². The van der Waals surface area contributed by atoms with E-state index in [1.54, 1.807) is 7.05 Å². The van der Waals surface area contributed by atoms with Gasteiger partial charge < -0.3 is 10.6 Å². The van der Waals surface area contributed by atoms with Crippen LogP contribution >= 0.6 is 11.8 Å². The fourth-order valence-corrected chi connectivity index (χ4v) is 2.29. The highest BCUT2D eigenvalue weighted by Gasteiger charge is 2.16. The molecule has 1 heterocycles. The van der Waals surface area contributed by atoms with Gasteiger partial charge >= 0.3 is 0 Å². The van der Waals surface area contributed by atoms with Gasteiger partial charge in [-0.15, -0.1) is 0 Å². The van der Waals surface area contributed by atoms with Crippen molar-refractivity contribution in [2.75, 3.05) is 19.8 Å². The van der Waals surface area contributed by atoms with E-state index in [2.05, 4.69) is 65.0 Å². The molecule has 0 aliphatic carbocycles. The summed E-state index contributed by atoms with van der Waals surface area (Å²) in [5.41, 5.74) is 2.21. The van der Waals surface area contributed by atoms with Gasteiger partial charge in [-0.05, 0) is 31.7 Å². The van der Waals surface area contributed by atoms with Crippen LogP contribution in [0.25, 0.3) is 10.9 Å². The maximum Gasteiger partial charge on any atom is 0.191 e. The summed E-state index contributed by atoms with van der Waals surface area (Å²) in [6.07, 6.45) is 3.96. The quantitative estimate of drug-likeness (QED) is 0.657. The number of guanidine groups is 1. The van der Waals surface area contributed by atoms with Crippen LogP contribution in [0.5, 0.6) is 0 Å². The van der Waals surface area contributed by atoms with E-state index in [1.807, 2.05) is 24.0 Å². The van der Waals surface area contributed by atoms with E-state index >= 15 is 0 Å². The summed E-state index contributed by atoms with van der Waals surface area (Å²) in [5, 5.41) is 7.90. The average molecular weight is 316 g/mol. The zero-order valence-corrected chi connectivity index (χ0v) is 14.5. The van der Waals surface area contributed by atoms with E-state index in [-0.39, 0.29) is 4.75 Å². The first kappa shape index (κ1) is 16.6. The van der Waals surface area contributed by atoms with Crippen molar-refractivity contribution in [2.45, 2.75) is 25.1 Å². The Morgan fingerprint density at radius 2 is 2.00 bits per heavy atom. The van der Waals surface area contributed by atoms with Gasteiger partial charge in [-0.1, -0.05) is 24.3 Å². The van der Waals surface area contributed by atoms with Gasteiger partial charge in [-0.2, -0.15) is 11.8 Å². The maximum atomic E-state index is 4.48. The maximum absolute atomic E-state index is 4.48. The molecular weight excluding hydrogens is 292 g/mol. The minimum atomic E-state index is 0.179. The van der Waals surface area contributed by atoms with Gasteiger partial charge in [0, 0.05) is 36.5 Å². The van der Waals surface area contributed by atoms with Gasteiger partial charge in [0.15, 0.2) is 5.96 Å². The number of fused-ring (bicyclic) bond motifs is 1. The summed E-state index contributed by atoms with van der Waals surface area (Å²) in [5.74, 6) is 0.815. The number of pyridine rings is 1. The predicted octanol–water partition coefficient (Wildman–Crippen LogP) is 3.04. The van der Waals surface area contributed by atoms with E-state index in [0.717, 1.165) is 23.4 Å². The molecule has 0 amide bonds. The van der Waals surface area contributed by atoms with Crippen LogP contribution < -0.4 is 10.6 Å². The number of benzene rings is 1. The summed E-state index contributed by atoms with van der Waals surface area (Å²) in [6, 6.07) is 10.3. The normalized spacial score (nSPS) is 12.5. The van der Waals surface area contributed by atoms with Crippen molar-refractivity contribution < 1.29 is 0 Å². The van der Waals surface area contributed by atoms with E-state index in [1.165, 1.54) is 5.56 Å².